The van der Waals surface area contributed by atoms with Crippen LogP contribution < -0.4 is 14.4 Å². The number of fused-ring (bicyclic) bond motifs is 1. The summed E-state index contributed by atoms with van der Waals surface area (Å²) in [5.41, 5.74) is 3.92. The molecule has 0 radical (unpaired) electrons. The molecule has 1 atom stereocenters. The average molecular weight is 437 g/mol. The molecule has 2 aromatic carbocycles. The minimum atomic E-state index is -3.74. The molecule has 1 aliphatic carbocycles. The number of amides is 1. The van der Waals surface area contributed by atoms with E-state index < -0.39 is 15.9 Å². The maximum absolute atomic E-state index is 12.7. The van der Waals surface area contributed by atoms with Crippen LogP contribution in [0.4, 0.5) is 5.69 Å². The molecular formula is C21H25ClN2O4S. The fourth-order valence-corrected chi connectivity index (χ4v) is 4.62. The van der Waals surface area contributed by atoms with Gasteiger partial charge in [0.2, 0.25) is 15.9 Å². The number of methoxy groups -OCH3 is 1. The standard InChI is InChI=1S/C21H25ClN2O4S/c1-14(16-8-7-15-5-4-6-17(15)11-16)23-21(25)13-24(29(3,26)27)19-12-18(22)9-10-20(19)28-2/h7-12,14H,4-6,13H2,1-3H3,(H,23,25)/t14-/m0/s1. The van der Waals surface area contributed by atoms with E-state index in [9.17, 15) is 13.2 Å². The van der Waals surface area contributed by atoms with Crippen molar-refractivity contribution in [2.45, 2.75) is 32.2 Å². The van der Waals surface area contributed by atoms with Gasteiger partial charge in [-0.15, -0.1) is 0 Å². The Morgan fingerprint density at radius 2 is 1.93 bits per heavy atom. The van der Waals surface area contributed by atoms with E-state index in [1.165, 1.54) is 24.3 Å². The van der Waals surface area contributed by atoms with E-state index in [-0.39, 0.29) is 18.3 Å². The van der Waals surface area contributed by atoms with Gasteiger partial charge < -0.3 is 10.1 Å². The number of halogens is 1. The number of anilines is 1. The van der Waals surface area contributed by atoms with Gasteiger partial charge in [-0.3, -0.25) is 9.10 Å². The molecule has 1 aliphatic rings. The van der Waals surface area contributed by atoms with E-state index in [0.29, 0.717) is 10.8 Å². The highest BCUT2D eigenvalue weighted by Gasteiger charge is 2.25. The van der Waals surface area contributed by atoms with Gasteiger partial charge in [0, 0.05) is 5.02 Å². The molecule has 0 saturated heterocycles. The summed E-state index contributed by atoms with van der Waals surface area (Å²) in [4.78, 5) is 12.7. The van der Waals surface area contributed by atoms with Gasteiger partial charge in [0.1, 0.15) is 12.3 Å². The molecule has 1 N–H and O–H groups in total. The Balaban J connectivity index is 1.78. The number of carbonyl (C=O) groups excluding carboxylic acids is 1. The van der Waals surface area contributed by atoms with Gasteiger partial charge in [0.05, 0.1) is 25.1 Å². The molecule has 0 heterocycles. The highest BCUT2D eigenvalue weighted by molar-refractivity contribution is 7.92. The number of aryl methyl sites for hydroxylation is 2. The van der Waals surface area contributed by atoms with E-state index in [4.69, 9.17) is 16.3 Å². The summed E-state index contributed by atoms with van der Waals surface area (Å²) in [5, 5.41) is 3.24. The Bertz CT molecular complexity index is 1020. The fraction of sp³-hybridized carbons (Fsp3) is 0.381. The Morgan fingerprint density at radius 3 is 2.62 bits per heavy atom. The first kappa shape index (κ1) is 21.5. The number of sulfonamides is 1. The number of hydrogen-bond donors (Lipinski definition) is 1. The van der Waals surface area contributed by atoms with Crippen molar-refractivity contribution < 1.29 is 17.9 Å². The summed E-state index contributed by atoms with van der Waals surface area (Å²) in [6.45, 7) is 1.52. The lowest BCUT2D eigenvalue weighted by atomic mass is 10.0. The highest BCUT2D eigenvalue weighted by atomic mass is 35.5. The van der Waals surface area contributed by atoms with E-state index in [1.54, 1.807) is 12.1 Å². The van der Waals surface area contributed by atoms with Crippen molar-refractivity contribution in [3.05, 3.63) is 58.1 Å². The highest BCUT2D eigenvalue weighted by Crippen LogP contribution is 2.32. The topological polar surface area (TPSA) is 75.7 Å². The number of ether oxygens (including phenoxy) is 1. The third kappa shape index (κ3) is 5.03. The van der Waals surface area contributed by atoms with Gasteiger partial charge in [0.25, 0.3) is 0 Å². The quantitative estimate of drug-likeness (QED) is 0.720. The van der Waals surface area contributed by atoms with E-state index in [0.717, 1.165) is 35.4 Å². The lowest BCUT2D eigenvalue weighted by Crippen LogP contribution is -2.41. The summed E-state index contributed by atoms with van der Waals surface area (Å²) in [6, 6.07) is 10.7. The van der Waals surface area contributed by atoms with Crippen LogP contribution in [0.2, 0.25) is 5.02 Å². The van der Waals surface area contributed by atoms with Crippen molar-refractivity contribution in [2.75, 3.05) is 24.2 Å². The normalized spacial score (nSPS) is 14.2. The SMILES string of the molecule is COc1ccc(Cl)cc1N(CC(=O)N[C@@H](C)c1ccc2c(c1)CCC2)S(C)(=O)=O. The first-order valence-electron chi connectivity index (χ1n) is 9.41. The van der Waals surface area contributed by atoms with Gasteiger partial charge in [-0.2, -0.15) is 0 Å². The van der Waals surface area contributed by atoms with Crippen LogP contribution in [0.3, 0.4) is 0 Å². The molecule has 0 fully saturated rings. The van der Waals surface area contributed by atoms with E-state index >= 15 is 0 Å². The molecule has 156 valence electrons. The molecule has 8 heteroatoms. The first-order valence-corrected chi connectivity index (χ1v) is 11.6. The molecule has 0 bridgehead atoms. The molecule has 0 saturated carbocycles. The number of hydrogen-bond acceptors (Lipinski definition) is 4. The molecular weight excluding hydrogens is 412 g/mol. The van der Waals surface area contributed by atoms with Gasteiger partial charge in [-0.05, 0) is 61.1 Å². The van der Waals surface area contributed by atoms with Crippen LogP contribution in [-0.4, -0.2) is 34.2 Å². The zero-order chi connectivity index (χ0) is 21.2. The van der Waals surface area contributed by atoms with Gasteiger partial charge in [-0.25, -0.2) is 8.42 Å². The number of nitrogens with one attached hydrogen (secondary N) is 1. The fourth-order valence-electron chi connectivity index (χ4n) is 3.60. The second-order valence-corrected chi connectivity index (χ2v) is 9.60. The predicted molar refractivity (Wildman–Crippen MR) is 115 cm³/mol. The number of benzene rings is 2. The lowest BCUT2D eigenvalue weighted by molar-refractivity contribution is -0.120. The molecule has 0 aromatic heterocycles. The zero-order valence-electron chi connectivity index (χ0n) is 16.7. The lowest BCUT2D eigenvalue weighted by Gasteiger charge is -2.25. The summed E-state index contributed by atoms with van der Waals surface area (Å²) >= 11 is 6.04. The smallest absolute Gasteiger partial charge is 0.241 e. The van der Waals surface area contributed by atoms with Crippen molar-refractivity contribution in [1.29, 1.82) is 0 Å². The third-order valence-electron chi connectivity index (χ3n) is 5.10. The van der Waals surface area contributed by atoms with Crippen LogP contribution in [0.25, 0.3) is 0 Å². The molecule has 0 aliphatic heterocycles. The number of carbonyl (C=O) groups is 1. The monoisotopic (exact) mass is 436 g/mol. The van der Waals surface area contributed by atoms with Crippen molar-refractivity contribution in [3.63, 3.8) is 0 Å². The number of rotatable bonds is 7. The Hall–Kier alpha value is -2.25. The van der Waals surface area contributed by atoms with Crippen molar-refractivity contribution in [3.8, 4) is 5.75 Å². The third-order valence-corrected chi connectivity index (χ3v) is 6.46. The first-order chi connectivity index (χ1) is 13.7. The van der Waals surface area contributed by atoms with Crippen molar-refractivity contribution >= 4 is 33.2 Å². The van der Waals surface area contributed by atoms with Gasteiger partial charge in [-0.1, -0.05) is 29.8 Å². The summed E-state index contributed by atoms with van der Waals surface area (Å²) in [5.74, 6) is -0.0928. The zero-order valence-corrected chi connectivity index (χ0v) is 18.3. The van der Waals surface area contributed by atoms with Crippen LogP contribution in [0, 0.1) is 0 Å². The van der Waals surface area contributed by atoms with Crippen molar-refractivity contribution in [2.24, 2.45) is 0 Å². The molecule has 6 nitrogen and oxygen atoms in total. The minimum absolute atomic E-state index is 0.225. The average Bonchev–Trinajstić information content (AvgIpc) is 3.13. The molecule has 3 rings (SSSR count). The largest absolute Gasteiger partial charge is 0.495 e. The van der Waals surface area contributed by atoms with Crippen LogP contribution in [-0.2, 0) is 27.7 Å². The minimum Gasteiger partial charge on any atom is -0.495 e. The number of nitrogens with zero attached hydrogens (tertiary/aromatic N) is 1. The maximum atomic E-state index is 12.7. The maximum Gasteiger partial charge on any atom is 0.241 e. The van der Waals surface area contributed by atoms with Crippen LogP contribution in [0.1, 0.15) is 36.1 Å². The summed E-state index contributed by atoms with van der Waals surface area (Å²) < 4.78 is 31.0. The summed E-state index contributed by atoms with van der Waals surface area (Å²) in [6.07, 6.45) is 4.36. The van der Waals surface area contributed by atoms with Gasteiger partial charge >= 0.3 is 0 Å². The second kappa shape index (κ2) is 8.63. The van der Waals surface area contributed by atoms with Crippen molar-refractivity contribution in [1.82, 2.24) is 5.32 Å². The Morgan fingerprint density at radius 1 is 1.21 bits per heavy atom. The second-order valence-electron chi connectivity index (χ2n) is 7.26. The van der Waals surface area contributed by atoms with E-state index in [1.807, 2.05) is 13.0 Å². The van der Waals surface area contributed by atoms with Crippen LogP contribution in [0.15, 0.2) is 36.4 Å². The molecule has 0 spiro atoms. The Labute approximate surface area is 176 Å². The molecule has 29 heavy (non-hydrogen) atoms. The molecule has 1 amide bonds. The van der Waals surface area contributed by atoms with Crippen LogP contribution in [0.5, 0.6) is 5.75 Å². The Kier molecular flexibility index (Phi) is 6.39. The van der Waals surface area contributed by atoms with Crippen LogP contribution >= 0.6 is 11.6 Å². The molecule has 0 unspecified atom stereocenters. The van der Waals surface area contributed by atoms with Gasteiger partial charge in [0.15, 0.2) is 0 Å². The predicted octanol–water partition coefficient (Wildman–Crippen LogP) is 3.48. The summed E-state index contributed by atoms with van der Waals surface area (Å²) in [7, 11) is -2.30. The molecule has 2 aromatic rings. The van der Waals surface area contributed by atoms with E-state index in [2.05, 4.69) is 17.4 Å².